The molecule has 0 saturated heterocycles. The van der Waals surface area contributed by atoms with Gasteiger partial charge in [0.15, 0.2) is 5.69 Å². The first-order valence-corrected chi connectivity index (χ1v) is 8.60. The molecule has 0 unspecified atom stereocenters. The molecule has 2 aromatic carbocycles. The minimum Gasteiger partial charge on any atom is -0.282 e. The average molecular weight is 346 g/mol. The molecule has 5 heteroatoms. The van der Waals surface area contributed by atoms with Gasteiger partial charge in [-0.1, -0.05) is 68.4 Å². The van der Waals surface area contributed by atoms with Gasteiger partial charge in [-0.15, -0.1) is 0 Å². The van der Waals surface area contributed by atoms with Gasteiger partial charge in [-0.2, -0.15) is 10.2 Å². The fourth-order valence-electron chi connectivity index (χ4n) is 2.54. The molecule has 0 spiro atoms. The van der Waals surface area contributed by atoms with Crippen LogP contribution in [-0.4, -0.2) is 21.8 Å². The van der Waals surface area contributed by atoms with Gasteiger partial charge in [0, 0.05) is 5.69 Å². The lowest BCUT2D eigenvalue weighted by Gasteiger charge is -2.05. The van der Waals surface area contributed by atoms with Crippen molar-refractivity contribution in [1.29, 1.82) is 0 Å². The van der Waals surface area contributed by atoms with E-state index in [4.69, 9.17) is 0 Å². The first-order chi connectivity index (χ1) is 12.5. The Morgan fingerprint density at radius 1 is 1.04 bits per heavy atom. The van der Waals surface area contributed by atoms with Crippen molar-refractivity contribution in [2.45, 2.75) is 26.7 Å². The van der Waals surface area contributed by atoms with E-state index in [0.717, 1.165) is 22.5 Å². The Hall–Kier alpha value is -3.21. The van der Waals surface area contributed by atoms with Gasteiger partial charge in [-0.3, -0.25) is 9.89 Å². The monoisotopic (exact) mass is 346 g/mol. The van der Waals surface area contributed by atoms with Crippen LogP contribution in [0.2, 0.25) is 0 Å². The number of aromatic nitrogens is 2. The van der Waals surface area contributed by atoms with Crippen molar-refractivity contribution in [3.8, 4) is 11.1 Å². The number of hydrogen-bond donors (Lipinski definition) is 2. The predicted molar refractivity (Wildman–Crippen MR) is 104 cm³/mol. The molecule has 0 bridgehead atoms. The number of carbonyl (C=O) groups is 1. The van der Waals surface area contributed by atoms with Crippen molar-refractivity contribution < 1.29 is 4.79 Å². The van der Waals surface area contributed by atoms with E-state index in [9.17, 15) is 4.79 Å². The van der Waals surface area contributed by atoms with Crippen LogP contribution in [0.25, 0.3) is 11.1 Å². The molecule has 0 radical (unpaired) electrons. The van der Waals surface area contributed by atoms with Gasteiger partial charge in [0.1, 0.15) is 0 Å². The molecule has 0 fully saturated rings. The minimum atomic E-state index is -0.326. The van der Waals surface area contributed by atoms with Crippen LogP contribution in [0.15, 0.2) is 65.8 Å². The van der Waals surface area contributed by atoms with Crippen LogP contribution in [0.1, 0.15) is 48.4 Å². The van der Waals surface area contributed by atoms with Crippen LogP contribution in [0.5, 0.6) is 0 Å². The summed E-state index contributed by atoms with van der Waals surface area (Å²) < 4.78 is 0. The zero-order chi connectivity index (χ0) is 18.5. The smallest absolute Gasteiger partial charge is 0.282 e. The maximum atomic E-state index is 12.2. The number of H-pyrrole nitrogens is 1. The lowest BCUT2D eigenvalue weighted by atomic mass is 10.0. The number of benzene rings is 2. The van der Waals surface area contributed by atoms with E-state index < -0.39 is 0 Å². The molecule has 0 atom stereocenters. The van der Waals surface area contributed by atoms with E-state index in [1.54, 1.807) is 6.07 Å². The fourth-order valence-corrected chi connectivity index (χ4v) is 2.54. The van der Waals surface area contributed by atoms with Gasteiger partial charge >= 0.3 is 0 Å². The standard InChI is InChI=1S/C21H22N4O/c1-14(2)19-13-20(24-23-19)21(26)25-22-15(3)16-9-11-18(12-10-16)17-7-5-4-6-8-17/h4-14H,1-3H3,(H,23,24)(H,25,26)/b22-15-. The molecule has 0 saturated carbocycles. The second-order valence-corrected chi connectivity index (χ2v) is 6.44. The Kier molecular flexibility index (Phi) is 5.27. The number of hydrazone groups is 1. The lowest BCUT2D eigenvalue weighted by molar-refractivity contribution is 0.0950. The third-order valence-electron chi connectivity index (χ3n) is 4.19. The first-order valence-electron chi connectivity index (χ1n) is 8.60. The van der Waals surface area contributed by atoms with Crippen molar-refractivity contribution in [2.24, 2.45) is 5.10 Å². The highest BCUT2D eigenvalue weighted by Gasteiger charge is 2.11. The van der Waals surface area contributed by atoms with Crippen molar-refractivity contribution in [2.75, 3.05) is 0 Å². The maximum absolute atomic E-state index is 12.2. The van der Waals surface area contributed by atoms with E-state index >= 15 is 0 Å². The minimum absolute atomic E-state index is 0.289. The molecule has 0 aliphatic rings. The highest BCUT2D eigenvalue weighted by atomic mass is 16.2. The highest BCUT2D eigenvalue weighted by molar-refractivity contribution is 6.00. The summed E-state index contributed by atoms with van der Waals surface area (Å²) in [6.45, 7) is 5.94. The van der Waals surface area contributed by atoms with Gasteiger partial charge < -0.3 is 0 Å². The van der Waals surface area contributed by atoms with Crippen molar-refractivity contribution >= 4 is 11.6 Å². The summed E-state index contributed by atoms with van der Waals surface area (Å²) in [5.74, 6) is -0.0363. The highest BCUT2D eigenvalue weighted by Crippen LogP contribution is 2.19. The van der Waals surface area contributed by atoms with Crippen LogP contribution in [0.3, 0.4) is 0 Å². The van der Waals surface area contributed by atoms with Crippen molar-refractivity contribution in [1.82, 2.24) is 15.6 Å². The molecule has 1 aromatic heterocycles. The second kappa shape index (κ2) is 7.78. The molecule has 26 heavy (non-hydrogen) atoms. The Bertz CT molecular complexity index is 909. The summed E-state index contributed by atoms with van der Waals surface area (Å²) in [4.78, 5) is 12.2. The maximum Gasteiger partial charge on any atom is 0.291 e. The zero-order valence-electron chi connectivity index (χ0n) is 15.2. The number of carbonyl (C=O) groups excluding carboxylic acids is 1. The summed E-state index contributed by atoms with van der Waals surface area (Å²) in [6.07, 6.45) is 0. The van der Waals surface area contributed by atoms with Crippen LogP contribution in [-0.2, 0) is 0 Å². The van der Waals surface area contributed by atoms with E-state index in [1.807, 2.05) is 63.2 Å². The van der Waals surface area contributed by atoms with Crippen LogP contribution >= 0.6 is 0 Å². The molecular weight excluding hydrogens is 324 g/mol. The summed E-state index contributed by atoms with van der Waals surface area (Å²) in [7, 11) is 0. The van der Waals surface area contributed by atoms with Crippen LogP contribution in [0, 0.1) is 0 Å². The Balaban J connectivity index is 1.68. The van der Waals surface area contributed by atoms with E-state index in [-0.39, 0.29) is 11.8 Å². The summed E-state index contributed by atoms with van der Waals surface area (Å²) in [5, 5.41) is 11.1. The summed E-state index contributed by atoms with van der Waals surface area (Å²) in [6, 6.07) is 20.0. The van der Waals surface area contributed by atoms with E-state index in [1.165, 1.54) is 5.56 Å². The van der Waals surface area contributed by atoms with E-state index in [0.29, 0.717) is 5.69 Å². The molecule has 1 heterocycles. The van der Waals surface area contributed by atoms with Gasteiger partial charge in [0.2, 0.25) is 0 Å². The third-order valence-corrected chi connectivity index (χ3v) is 4.19. The predicted octanol–water partition coefficient (Wildman–Crippen LogP) is 4.35. The number of nitrogens with one attached hydrogen (secondary N) is 2. The molecule has 1 amide bonds. The topological polar surface area (TPSA) is 70.1 Å². The molecule has 5 nitrogen and oxygen atoms in total. The lowest BCUT2D eigenvalue weighted by Crippen LogP contribution is -2.19. The number of nitrogens with zero attached hydrogens (tertiary/aromatic N) is 2. The van der Waals surface area contributed by atoms with Gasteiger partial charge in [-0.05, 0) is 35.6 Å². The third kappa shape index (κ3) is 4.06. The quantitative estimate of drug-likeness (QED) is 0.532. The molecule has 2 N–H and O–H groups in total. The first kappa shape index (κ1) is 17.6. The largest absolute Gasteiger partial charge is 0.291 e. The number of amides is 1. The van der Waals surface area contributed by atoms with E-state index in [2.05, 4.69) is 32.9 Å². The molecule has 3 aromatic rings. The second-order valence-electron chi connectivity index (χ2n) is 6.44. The van der Waals surface area contributed by atoms with Gasteiger partial charge in [0.25, 0.3) is 5.91 Å². The Labute approximate surface area is 153 Å². The van der Waals surface area contributed by atoms with Crippen LogP contribution < -0.4 is 5.43 Å². The molecule has 3 rings (SSSR count). The molecule has 0 aliphatic carbocycles. The summed E-state index contributed by atoms with van der Waals surface area (Å²) >= 11 is 0. The van der Waals surface area contributed by atoms with Crippen LogP contribution in [0.4, 0.5) is 0 Å². The molecular formula is C21H22N4O. The summed E-state index contributed by atoms with van der Waals surface area (Å²) in [5.41, 5.74) is 7.82. The Morgan fingerprint density at radius 2 is 1.69 bits per heavy atom. The van der Waals surface area contributed by atoms with Gasteiger partial charge in [-0.25, -0.2) is 5.43 Å². The zero-order valence-corrected chi connectivity index (χ0v) is 15.2. The number of rotatable bonds is 5. The molecule has 132 valence electrons. The number of hydrogen-bond acceptors (Lipinski definition) is 3. The van der Waals surface area contributed by atoms with Crippen molar-refractivity contribution in [3.05, 3.63) is 77.6 Å². The Morgan fingerprint density at radius 3 is 2.31 bits per heavy atom. The SMILES string of the molecule is C/C(=N/NC(=O)c1cc(C(C)C)[nH]n1)c1ccc(-c2ccccc2)cc1. The van der Waals surface area contributed by atoms with Gasteiger partial charge in [0.05, 0.1) is 5.71 Å². The number of aromatic amines is 1. The van der Waals surface area contributed by atoms with Crippen molar-refractivity contribution in [3.63, 3.8) is 0 Å². The molecule has 0 aliphatic heterocycles. The fraction of sp³-hybridized carbons (Fsp3) is 0.190. The average Bonchev–Trinajstić information content (AvgIpc) is 3.17. The normalized spacial score (nSPS) is 11.6.